The van der Waals surface area contributed by atoms with Crippen LogP contribution in [0.5, 0.6) is 0 Å². The van der Waals surface area contributed by atoms with E-state index in [0.717, 1.165) is 21.1 Å². The molecule has 0 bridgehead atoms. The molecule has 0 fully saturated rings. The van der Waals surface area contributed by atoms with Gasteiger partial charge in [0.15, 0.2) is 0 Å². The Balaban J connectivity index is 1.52. The number of thiazole rings is 2. The molecule has 2 heterocycles. The molecular weight excluding hydrogens is 737 g/mol. The molecule has 0 aliphatic rings. The van der Waals surface area contributed by atoms with E-state index in [1.165, 1.54) is 32.5 Å². The van der Waals surface area contributed by atoms with Gasteiger partial charge in [0, 0.05) is 43.3 Å². The largest absolute Gasteiger partial charge is 0.391 e. The molecule has 0 spiro atoms. The number of nitrogens with one attached hydrogen (secondary N) is 4. The van der Waals surface area contributed by atoms with Gasteiger partial charge in [-0.3, -0.25) is 9.59 Å². The molecule has 6 amide bonds. The van der Waals surface area contributed by atoms with Crippen molar-refractivity contribution in [2.24, 2.45) is 11.8 Å². The minimum Gasteiger partial charge on any atom is -0.391 e. The monoisotopic (exact) mass is 790 g/mol. The van der Waals surface area contributed by atoms with Gasteiger partial charge in [-0.1, -0.05) is 88.4 Å². The standard InChI is InChI=1S/C40H54N8O5S2/c1-26(2)35(45-39(52)47(5)24-33-41-17-19-54-33)37(50)43-30(21-28-13-9-7-10-14-28)23-32(49)31(22-29-15-11-8-12-16-29)44-38(51)36(27(3)4)46-40(53)48(6)25-34-42-18-20-55-34/h7-20,26-27,30-32,35-36,49H,21-25H2,1-6H3,(H,43,50)(H,44,51)(H,45,52)(H,46,53)/t30-,31-,32-,35-,36-/m0/s1. The van der Waals surface area contributed by atoms with Gasteiger partial charge in [0.25, 0.3) is 0 Å². The molecule has 15 heteroatoms. The maximum absolute atomic E-state index is 14.0. The Labute approximate surface area is 332 Å². The van der Waals surface area contributed by atoms with Crippen LogP contribution in [0.3, 0.4) is 0 Å². The fourth-order valence-corrected chi connectivity index (χ4v) is 7.37. The van der Waals surface area contributed by atoms with E-state index in [1.807, 2.05) is 99.1 Å². The number of hydrogen-bond donors (Lipinski definition) is 5. The van der Waals surface area contributed by atoms with Gasteiger partial charge in [-0.2, -0.15) is 0 Å². The van der Waals surface area contributed by atoms with Gasteiger partial charge >= 0.3 is 12.1 Å². The normalized spacial score (nSPS) is 14.0. The zero-order chi connectivity index (χ0) is 39.9. The van der Waals surface area contributed by atoms with Crippen LogP contribution in [-0.4, -0.2) is 93.1 Å². The summed E-state index contributed by atoms with van der Waals surface area (Å²) in [6, 6.07) is 15.2. The van der Waals surface area contributed by atoms with E-state index in [-0.39, 0.29) is 24.2 Å². The second-order valence-corrected chi connectivity index (χ2v) is 16.4. The summed E-state index contributed by atoms with van der Waals surface area (Å²) >= 11 is 2.88. The molecule has 4 aromatic rings. The van der Waals surface area contributed by atoms with Gasteiger partial charge in [-0.25, -0.2) is 19.6 Å². The van der Waals surface area contributed by atoms with Crippen molar-refractivity contribution in [1.29, 1.82) is 0 Å². The minimum absolute atomic E-state index is 0.0936. The number of hydrogen-bond acceptors (Lipinski definition) is 9. The zero-order valence-electron chi connectivity index (χ0n) is 32.3. The molecule has 13 nitrogen and oxygen atoms in total. The first-order chi connectivity index (χ1) is 26.3. The van der Waals surface area contributed by atoms with Crippen molar-refractivity contribution in [1.82, 2.24) is 41.0 Å². The fourth-order valence-electron chi connectivity index (χ4n) is 6.03. The zero-order valence-corrected chi connectivity index (χ0v) is 34.0. The lowest BCUT2D eigenvalue weighted by Gasteiger charge is -2.32. The van der Waals surface area contributed by atoms with E-state index in [9.17, 15) is 24.3 Å². The third-order valence-electron chi connectivity index (χ3n) is 9.15. The predicted molar refractivity (Wildman–Crippen MR) is 216 cm³/mol. The molecular formula is C40H54N8O5S2. The van der Waals surface area contributed by atoms with Crippen LogP contribution in [0.4, 0.5) is 9.59 Å². The third kappa shape index (κ3) is 13.7. The van der Waals surface area contributed by atoms with Crippen molar-refractivity contribution in [3.63, 3.8) is 0 Å². The number of aliphatic hydroxyl groups excluding tert-OH is 1. The van der Waals surface area contributed by atoms with Gasteiger partial charge in [0.2, 0.25) is 11.8 Å². The lowest BCUT2D eigenvalue weighted by Crippen LogP contribution is -2.58. The van der Waals surface area contributed by atoms with Crippen LogP contribution in [0.15, 0.2) is 83.8 Å². The highest BCUT2D eigenvalue weighted by Crippen LogP contribution is 2.17. The average molecular weight is 791 g/mol. The number of benzene rings is 2. The number of aromatic nitrogens is 2. The number of aliphatic hydroxyl groups is 1. The fraction of sp³-hybridized carbons (Fsp3) is 0.450. The van der Waals surface area contributed by atoms with Crippen LogP contribution < -0.4 is 21.3 Å². The average Bonchev–Trinajstić information content (AvgIpc) is 3.87. The van der Waals surface area contributed by atoms with Gasteiger partial charge in [0.05, 0.1) is 25.2 Å². The van der Waals surface area contributed by atoms with E-state index in [4.69, 9.17) is 0 Å². The molecule has 5 N–H and O–H groups in total. The van der Waals surface area contributed by atoms with Crippen LogP contribution in [0.25, 0.3) is 0 Å². The van der Waals surface area contributed by atoms with E-state index in [2.05, 4.69) is 31.2 Å². The Morgan fingerprint density at radius 2 is 1.09 bits per heavy atom. The molecule has 0 radical (unpaired) electrons. The van der Waals surface area contributed by atoms with Crippen molar-refractivity contribution in [3.05, 3.63) is 105 Å². The van der Waals surface area contributed by atoms with E-state index < -0.39 is 48.2 Å². The van der Waals surface area contributed by atoms with E-state index in [0.29, 0.717) is 25.9 Å². The second-order valence-electron chi connectivity index (χ2n) is 14.4. The first kappa shape index (κ1) is 42.9. The first-order valence-corrected chi connectivity index (χ1v) is 20.2. The Morgan fingerprint density at radius 3 is 1.51 bits per heavy atom. The summed E-state index contributed by atoms with van der Waals surface area (Å²) in [6.07, 6.45) is 3.05. The van der Waals surface area contributed by atoms with Crippen molar-refractivity contribution in [3.8, 4) is 0 Å². The molecule has 2 aromatic heterocycles. The smallest absolute Gasteiger partial charge is 0.318 e. The minimum atomic E-state index is -1.11. The van der Waals surface area contributed by atoms with Crippen molar-refractivity contribution in [2.75, 3.05) is 14.1 Å². The highest BCUT2D eigenvalue weighted by atomic mass is 32.1. The van der Waals surface area contributed by atoms with Crippen LogP contribution in [-0.2, 0) is 35.5 Å². The molecule has 0 saturated carbocycles. The summed E-state index contributed by atoms with van der Waals surface area (Å²) in [5.41, 5.74) is 1.84. The Kier molecular flexibility index (Phi) is 16.6. The number of nitrogens with zero attached hydrogens (tertiary/aromatic N) is 4. The highest BCUT2D eigenvalue weighted by molar-refractivity contribution is 7.09. The van der Waals surface area contributed by atoms with Crippen molar-refractivity contribution in [2.45, 2.75) is 90.3 Å². The van der Waals surface area contributed by atoms with Gasteiger partial charge in [-0.05, 0) is 42.2 Å². The van der Waals surface area contributed by atoms with Gasteiger partial charge < -0.3 is 36.2 Å². The Hall–Kier alpha value is -4.86. The summed E-state index contributed by atoms with van der Waals surface area (Å²) in [4.78, 5) is 65.7. The number of rotatable bonds is 19. The molecule has 2 aromatic carbocycles. The van der Waals surface area contributed by atoms with Crippen LogP contribution in [0.2, 0.25) is 0 Å². The summed E-state index contributed by atoms with van der Waals surface area (Å²) in [5.74, 6) is -1.32. The maximum Gasteiger partial charge on any atom is 0.318 e. The molecule has 4 rings (SSSR count). The van der Waals surface area contributed by atoms with Gasteiger partial charge in [-0.15, -0.1) is 22.7 Å². The quantitative estimate of drug-likeness (QED) is 0.0906. The molecule has 0 aliphatic heterocycles. The Morgan fingerprint density at radius 1 is 0.655 bits per heavy atom. The molecule has 0 saturated heterocycles. The maximum atomic E-state index is 14.0. The first-order valence-electron chi connectivity index (χ1n) is 18.5. The third-order valence-corrected chi connectivity index (χ3v) is 10.7. The van der Waals surface area contributed by atoms with E-state index in [1.54, 1.807) is 26.5 Å². The van der Waals surface area contributed by atoms with Crippen LogP contribution in [0.1, 0.15) is 55.3 Å². The SMILES string of the molecule is CC(C)[C@H](NC(=O)N(C)Cc1nccs1)C(=O)N[C@@H](Cc1ccccc1)C[C@H](O)[C@H](Cc1ccccc1)NC(=O)[C@@H](NC(=O)N(C)Cc1nccs1)C(C)C. The molecule has 0 unspecified atom stereocenters. The van der Waals surface area contributed by atoms with Crippen LogP contribution in [0, 0.1) is 11.8 Å². The predicted octanol–water partition coefficient (Wildman–Crippen LogP) is 4.84. The van der Waals surface area contributed by atoms with Crippen molar-refractivity contribution >= 4 is 46.6 Å². The van der Waals surface area contributed by atoms with Crippen molar-refractivity contribution < 1.29 is 24.3 Å². The second kappa shape index (κ2) is 21.3. The summed E-state index contributed by atoms with van der Waals surface area (Å²) in [6.45, 7) is 8.01. The molecule has 5 atom stereocenters. The lowest BCUT2D eigenvalue weighted by atomic mass is 9.92. The molecule has 55 heavy (non-hydrogen) atoms. The molecule has 0 aliphatic carbocycles. The number of urea groups is 2. The molecule has 296 valence electrons. The summed E-state index contributed by atoms with van der Waals surface area (Å²) in [7, 11) is 3.29. The number of amides is 6. The number of carbonyl (C=O) groups excluding carboxylic acids is 4. The number of carbonyl (C=O) groups is 4. The van der Waals surface area contributed by atoms with Crippen LogP contribution >= 0.6 is 22.7 Å². The summed E-state index contributed by atoms with van der Waals surface area (Å²) < 4.78 is 0. The highest BCUT2D eigenvalue weighted by Gasteiger charge is 2.33. The Bertz CT molecular complexity index is 1760. The van der Waals surface area contributed by atoms with E-state index >= 15 is 0 Å². The summed E-state index contributed by atoms with van der Waals surface area (Å²) in [5, 5.41) is 29.1. The lowest BCUT2D eigenvalue weighted by molar-refractivity contribution is -0.126. The van der Waals surface area contributed by atoms with Gasteiger partial charge in [0.1, 0.15) is 22.1 Å². The topological polar surface area (TPSA) is 169 Å².